The van der Waals surface area contributed by atoms with E-state index in [0.29, 0.717) is 11.7 Å². The van der Waals surface area contributed by atoms with Crippen molar-refractivity contribution in [2.45, 2.75) is 26.2 Å². The van der Waals surface area contributed by atoms with Crippen LogP contribution in [0, 0.1) is 0 Å². The summed E-state index contributed by atoms with van der Waals surface area (Å²) in [6.07, 6.45) is 4.67. The van der Waals surface area contributed by atoms with E-state index >= 15 is 0 Å². The third-order valence-corrected chi connectivity index (χ3v) is 3.03. The maximum atomic E-state index is 9.62. The topological polar surface area (TPSA) is 46.3 Å². The fraction of sp³-hybridized carbons (Fsp3) is 0.267. The van der Waals surface area contributed by atoms with Crippen LogP contribution in [0.4, 0.5) is 0 Å². The summed E-state index contributed by atoms with van der Waals surface area (Å²) in [6.45, 7) is 4.24. The van der Waals surface area contributed by atoms with Crippen molar-refractivity contribution in [3.63, 3.8) is 0 Å². The van der Waals surface area contributed by atoms with Crippen LogP contribution >= 0.6 is 0 Å². The molecule has 0 aliphatic rings. The third-order valence-electron chi connectivity index (χ3n) is 3.03. The van der Waals surface area contributed by atoms with Gasteiger partial charge in [-0.3, -0.25) is 0 Å². The van der Waals surface area contributed by atoms with E-state index < -0.39 is 0 Å². The summed E-state index contributed by atoms with van der Waals surface area (Å²) in [5.74, 6) is 1.37. The van der Waals surface area contributed by atoms with E-state index in [4.69, 9.17) is 4.52 Å². The second kappa shape index (κ2) is 5.54. The Hall–Kier alpha value is -2.03. The molecular formula is C15H17NO2. The van der Waals surface area contributed by atoms with Crippen LogP contribution in [0.25, 0.3) is 12.2 Å². The van der Waals surface area contributed by atoms with E-state index in [2.05, 4.69) is 19.0 Å². The normalized spacial score (nSPS) is 13.0. The van der Waals surface area contributed by atoms with Crippen molar-refractivity contribution in [1.29, 1.82) is 0 Å². The Kier molecular flexibility index (Phi) is 3.82. The van der Waals surface area contributed by atoms with Crippen molar-refractivity contribution in [3.05, 3.63) is 47.3 Å². The van der Waals surface area contributed by atoms with Crippen LogP contribution in [0.2, 0.25) is 0 Å². The number of benzene rings is 1. The third kappa shape index (κ3) is 2.80. The van der Waals surface area contributed by atoms with Gasteiger partial charge in [-0.05, 0) is 24.6 Å². The van der Waals surface area contributed by atoms with Crippen molar-refractivity contribution >= 4 is 12.2 Å². The molecule has 0 aliphatic carbocycles. The largest absolute Gasteiger partial charge is 0.507 e. The molecule has 0 saturated heterocycles. The number of aromatic hydroxyl groups is 1. The van der Waals surface area contributed by atoms with Gasteiger partial charge in [0.2, 0.25) is 0 Å². The van der Waals surface area contributed by atoms with Crippen LogP contribution in [0.5, 0.6) is 5.75 Å². The molecule has 0 fully saturated rings. The monoisotopic (exact) mass is 243 g/mol. The van der Waals surface area contributed by atoms with Gasteiger partial charge in [-0.2, -0.15) is 0 Å². The average Bonchev–Trinajstić information content (AvgIpc) is 2.86. The second-order valence-corrected chi connectivity index (χ2v) is 4.36. The summed E-state index contributed by atoms with van der Waals surface area (Å²) in [7, 11) is 0. The Morgan fingerprint density at radius 2 is 2.11 bits per heavy atom. The Balaban J connectivity index is 2.15. The highest BCUT2D eigenvalue weighted by Crippen LogP contribution is 2.21. The number of hydrogen-bond acceptors (Lipinski definition) is 3. The van der Waals surface area contributed by atoms with Crippen molar-refractivity contribution in [3.8, 4) is 5.75 Å². The molecule has 3 heteroatoms. The molecule has 18 heavy (non-hydrogen) atoms. The summed E-state index contributed by atoms with van der Waals surface area (Å²) >= 11 is 0. The Labute approximate surface area is 107 Å². The van der Waals surface area contributed by atoms with Crippen LogP contribution in [0.15, 0.2) is 34.9 Å². The molecule has 2 aromatic rings. The summed E-state index contributed by atoms with van der Waals surface area (Å²) in [4.78, 5) is 0. The van der Waals surface area contributed by atoms with Gasteiger partial charge in [0.15, 0.2) is 5.76 Å². The number of hydrogen-bond donors (Lipinski definition) is 1. The number of nitrogens with zero attached hydrogens (tertiary/aromatic N) is 1. The van der Waals surface area contributed by atoms with Gasteiger partial charge in [-0.15, -0.1) is 0 Å². The molecule has 0 spiro atoms. The fourth-order valence-electron chi connectivity index (χ4n) is 1.62. The first-order valence-corrected chi connectivity index (χ1v) is 6.13. The fourth-order valence-corrected chi connectivity index (χ4v) is 1.62. The highest BCUT2D eigenvalue weighted by atomic mass is 16.5. The van der Waals surface area contributed by atoms with E-state index in [1.54, 1.807) is 12.1 Å². The lowest BCUT2D eigenvalue weighted by atomic mass is 10.1. The maximum absolute atomic E-state index is 9.62. The SMILES string of the molecule is CCC(C)c1cc(C=Cc2ccccc2O)on1. The van der Waals surface area contributed by atoms with E-state index in [-0.39, 0.29) is 5.75 Å². The number of phenolic OH excluding ortho intramolecular Hbond substituents is 1. The zero-order chi connectivity index (χ0) is 13.0. The van der Waals surface area contributed by atoms with Crippen molar-refractivity contribution < 1.29 is 9.63 Å². The van der Waals surface area contributed by atoms with Gasteiger partial charge in [-0.25, -0.2) is 0 Å². The van der Waals surface area contributed by atoms with Gasteiger partial charge in [0.05, 0.1) is 5.69 Å². The van der Waals surface area contributed by atoms with E-state index in [9.17, 15) is 5.11 Å². The standard InChI is InChI=1S/C15H17NO2/c1-3-11(2)14-10-13(18-16-14)9-8-12-6-4-5-7-15(12)17/h4-11,17H,3H2,1-2H3. The van der Waals surface area contributed by atoms with Gasteiger partial charge >= 0.3 is 0 Å². The Morgan fingerprint density at radius 3 is 2.83 bits per heavy atom. The van der Waals surface area contributed by atoms with Crippen molar-refractivity contribution in [2.75, 3.05) is 0 Å². The average molecular weight is 243 g/mol. The molecule has 1 heterocycles. The van der Waals surface area contributed by atoms with Gasteiger partial charge < -0.3 is 9.63 Å². The van der Waals surface area contributed by atoms with Crippen LogP contribution < -0.4 is 0 Å². The summed E-state index contributed by atoms with van der Waals surface area (Å²) in [5.41, 5.74) is 1.73. The first-order valence-electron chi connectivity index (χ1n) is 6.13. The minimum absolute atomic E-state index is 0.260. The van der Waals surface area contributed by atoms with E-state index in [0.717, 1.165) is 17.7 Å². The van der Waals surface area contributed by atoms with Crippen LogP contribution in [0.1, 0.15) is 43.2 Å². The van der Waals surface area contributed by atoms with Crippen molar-refractivity contribution in [1.82, 2.24) is 5.16 Å². The molecular weight excluding hydrogens is 226 g/mol. The molecule has 2 rings (SSSR count). The predicted molar refractivity (Wildman–Crippen MR) is 72.2 cm³/mol. The molecule has 0 amide bonds. The van der Waals surface area contributed by atoms with Crippen molar-refractivity contribution in [2.24, 2.45) is 0 Å². The van der Waals surface area contributed by atoms with Gasteiger partial charge in [0, 0.05) is 17.5 Å². The molecule has 0 aliphatic heterocycles. The first kappa shape index (κ1) is 12.4. The minimum atomic E-state index is 0.260. The molecule has 1 N–H and O–H groups in total. The molecule has 1 atom stereocenters. The second-order valence-electron chi connectivity index (χ2n) is 4.36. The van der Waals surface area contributed by atoms with Crippen LogP contribution in [-0.2, 0) is 0 Å². The van der Waals surface area contributed by atoms with Crippen LogP contribution in [0.3, 0.4) is 0 Å². The Bertz CT molecular complexity index is 543. The first-order chi connectivity index (χ1) is 8.70. The maximum Gasteiger partial charge on any atom is 0.159 e. The lowest BCUT2D eigenvalue weighted by Gasteiger charge is -1.99. The molecule has 0 bridgehead atoms. The van der Waals surface area contributed by atoms with E-state index in [1.807, 2.05) is 30.4 Å². The molecule has 1 aromatic heterocycles. The summed E-state index contributed by atoms with van der Waals surface area (Å²) in [6, 6.07) is 9.11. The highest BCUT2D eigenvalue weighted by molar-refractivity contribution is 5.70. The smallest absolute Gasteiger partial charge is 0.159 e. The Morgan fingerprint density at radius 1 is 1.33 bits per heavy atom. The van der Waals surface area contributed by atoms with Crippen LogP contribution in [-0.4, -0.2) is 10.3 Å². The zero-order valence-corrected chi connectivity index (χ0v) is 10.6. The van der Waals surface area contributed by atoms with Gasteiger partial charge in [0.1, 0.15) is 5.75 Å². The minimum Gasteiger partial charge on any atom is -0.507 e. The highest BCUT2D eigenvalue weighted by Gasteiger charge is 2.08. The lowest BCUT2D eigenvalue weighted by Crippen LogP contribution is -1.89. The van der Waals surface area contributed by atoms with Gasteiger partial charge in [0.25, 0.3) is 0 Å². The molecule has 1 aromatic carbocycles. The summed E-state index contributed by atoms with van der Waals surface area (Å²) < 4.78 is 5.23. The zero-order valence-electron chi connectivity index (χ0n) is 10.6. The number of phenols is 1. The molecule has 0 saturated carbocycles. The molecule has 0 radical (unpaired) electrons. The van der Waals surface area contributed by atoms with Gasteiger partial charge in [-0.1, -0.05) is 37.2 Å². The number of aromatic nitrogens is 1. The number of rotatable bonds is 4. The quantitative estimate of drug-likeness (QED) is 0.880. The predicted octanol–water partition coefficient (Wildman–Crippen LogP) is 4.06. The molecule has 94 valence electrons. The molecule has 3 nitrogen and oxygen atoms in total. The summed E-state index contributed by atoms with van der Waals surface area (Å²) in [5, 5.41) is 13.7. The number of para-hydroxylation sites is 1. The van der Waals surface area contributed by atoms with E-state index in [1.165, 1.54) is 0 Å². The lowest BCUT2D eigenvalue weighted by molar-refractivity contribution is 0.399. The molecule has 1 unspecified atom stereocenters.